The summed E-state index contributed by atoms with van der Waals surface area (Å²) in [6.07, 6.45) is 1.69. The zero-order chi connectivity index (χ0) is 11.5. The highest BCUT2D eigenvalue weighted by molar-refractivity contribution is 6.01. The Labute approximate surface area is 92.9 Å². The molecular formula is C13H10NO2. The highest BCUT2D eigenvalue weighted by Crippen LogP contribution is 2.24. The highest BCUT2D eigenvalue weighted by atomic mass is 16.2. The molecule has 0 bridgehead atoms. The van der Waals surface area contributed by atoms with Crippen LogP contribution in [0.1, 0.15) is 11.5 Å². The number of rotatable bonds is 3. The van der Waals surface area contributed by atoms with E-state index in [0.29, 0.717) is 5.56 Å². The van der Waals surface area contributed by atoms with E-state index >= 15 is 0 Å². The Kier molecular flexibility index (Phi) is 2.68. The first kappa shape index (κ1) is 10.4. The SMILES string of the molecule is NC(=O)C([C]=O)c1cccc2ccccc12. The number of amides is 1. The van der Waals surface area contributed by atoms with Gasteiger partial charge in [-0.15, -0.1) is 0 Å². The summed E-state index contributed by atoms with van der Waals surface area (Å²) in [5.41, 5.74) is 5.78. The number of carbonyl (C=O) groups excluding carboxylic acids is 2. The largest absolute Gasteiger partial charge is 0.369 e. The smallest absolute Gasteiger partial charge is 0.233 e. The van der Waals surface area contributed by atoms with Crippen molar-refractivity contribution in [1.82, 2.24) is 0 Å². The maximum absolute atomic E-state index is 11.1. The molecule has 1 radical (unpaired) electrons. The number of carbonyl (C=O) groups is 1. The van der Waals surface area contributed by atoms with E-state index in [1.54, 1.807) is 18.4 Å². The number of benzene rings is 2. The van der Waals surface area contributed by atoms with Crippen LogP contribution in [0, 0.1) is 0 Å². The Morgan fingerprint density at radius 3 is 2.50 bits per heavy atom. The molecule has 0 aliphatic heterocycles. The average Bonchev–Trinajstić information content (AvgIpc) is 2.30. The first-order valence-electron chi connectivity index (χ1n) is 4.88. The normalized spacial score (nSPS) is 12.2. The molecule has 2 rings (SSSR count). The summed E-state index contributed by atoms with van der Waals surface area (Å²) in [5.74, 6) is -1.67. The maximum atomic E-state index is 11.1. The van der Waals surface area contributed by atoms with Crippen LogP contribution >= 0.6 is 0 Å². The Morgan fingerprint density at radius 2 is 1.81 bits per heavy atom. The van der Waals surface area contributed by atoms with E-state index in [9.17, 15) is 9.59 Å². The van der Waals surface area contributed by atoms with Crippen molar-refractivity contribution >= 4 is 23.0 Å². The molecule has 3 nitrogen and oxygen atoms in total. The van der Waals surface area contributed by atoms with Crippen molar-refractivity contribution in [3.8, 4) is 0 Å². The second-order valence-corrected chi connectivity index (χ2v) is 3.52. The first-order chi connectivity index (χ1) is 7.74. The lowest BCUT2D eigenvalue weighted by molar-refractivity contribution is -0.118. The van der Waals surface area contributed by atoms with Gasteiger partial charge >= 0.3 is 0 Å². The summed E-state index contributed by atoms with van der Waals surface area (Å²) in [6, 6.07) is 13.0. The second kappa shape index (κ2) is 4.14. The minimum absolute atomic E-state index is 0.612. The average molecular weight is 212 g/mol. The topological polar surface area (TPSA) is 60.2 Å². The van der Waals surface area contributed by atoms with Crippen molar-refractivity contribution in [2.45, 2.75) is 5.92 Å². The summed E-state index contributed by atoms with van der Waals surface area (Å²) in [5, 5.41) is 1.83. The van der Waals surface area contributed by atoms with E-state index < -0.39 is 11.8 Å². The van der Waals surface area contributed by atoms with Gasteiger partial charge in [0.2, 0.25) is 12.2 Å². The van der Waals surface area contributed by atoms with Crippen molar-refractivity contribution in [3.05, 3.63) is 48.0 Å². The lowest BCUT2D eigenvalue weighted by atomic mass is 9.94. The summed E-state index contributed by atoms with van der Waals surface area (Å²) < 4.78 is 0. The molecule has 0 spiro atoms. The van der Waals surface area contributed by atoms with Crippen LogP contribution in [0.4, 0.5) is 0 Å². The van der Waals surface area contributed by atoms with Gasteiger partial charge in [-0.3, -0.25) is 9.59 Å². The Balaban J connectivity index is 2.68. The first-order valence-corrected chi connectivity index (χ1v) is 4.88. The Bertz CT molecular complexity index is 543. The minimum atomic E-state index is -0.994. The molecule has 2 N–H and O–H groups in total. The predicted molar refractivity (Wildman–Crippen MR) is 61.6 cm³/mol. The third-order valence-electron chi connectivity index (χ3n) is 2.54. The number of primary amides is 1. The zero-order valence-corrected chi connectivity index (χ0v) is 8.51. The molecule has 79 valence electrons. The van der Waals surface area contributed by atoms with Crippen LogP contribution in [0.3, 0.4) is 0 Å². The fourth-order valence-electron chi connectivity index (χ4n) is 1.78. The van der Waals surface area contributed by atoms with E-state index in [0.717, 1.165) is 10.8 Å². The van der Waals surface area contributed by atoms with Crippen molar-refractivity contribution in [2.24, 2.45) is 5.73 Å². The number of fused-ring (bicyclic) bond motifs is 1. The molecule has 2 aromatic rings. The standard InChI is InChI=1S/C13H10NO2/c14-13(16)12(8-15)11-7-3-5-9-4-1-2-6-10(9)11/h1-7,12H,(H2,14,16). The van der Waals surface area contributed by atoms with Crippen molar-refractivity contribution in [2.75, 3.05) is 0 Å². The summed E-state index contributed by atoms with van der Waals surface area (Å²) in [6.45, 7) is 0. The van der Waals surface area contributed by atoms with Crippen molar-refractivity contribution in [3.63, 3.8) is 0 Å². The van der Waals surface area contributed by atoms with Gasteiger partial charge in [0.05, 0.1) is 0 Å². The molecule has 1 atom stereocenters. The summed E-state index contributed by atoms with van der Waals surface area (Å²) in [4.78, 5) is 21.9. The molecule has 0 fully saturated rings. The molecular weight excluding hydrogens is 202 g/mol. The summed E-state index contributed by atoms with van der Waals surface area (Å²) in [7, 11) is 0. The number of nitrogens with two attached hydrogens (primary N) is 1. The van der Waals surface area contributed by atoms with Crippen LogP contribution in [0.25, 0.3) is 10.8 Å². The van der Waals surface area contributed by atoms with E-state index in [-0.39, 0.29) is 0 Å². The van der Waals surface area contributed by atoms with E-state index in [4.69, 9.17) is 5.73 Å². The second-order valence-electron chi connectivity index (χ2n) is 3.52. The van der Waals surface area contributed by atoms with Gasteiger partial charge in [0.15, 0.2) is 0 Å². The fourth-order valence-corrected chi connectivity index (χ4v) is 1.78. The van der Waals surface area contributed by atoms with Gasteiger partial charge in [0.1, 0.15) is 5.92 Å². The third-order valence-corrected chi connectivity index (χ3v) is 2.54. The van der Waals surface area contributed by atoms with Crippen molar-refractivity contribution < 1.29 is 9.59 Å². The van der Waals surface area contributed by atoms with Gasteiger partial charge in [0.25, 0.3) is 0 Å². The van der Waals surface area contributed by atoms with Crippen LogP contribution in [-0.4, -0.2) is 12.2 Å². The highest BCUT2D eigenvalue weighted by Gasteiger charge is 2.19. The molecule has 16 heavy (non-hydrogen) atoms. The molecule has 1 unspecified atom stereocenters. The Morgan fingerprint density at radius 1 is 1.12 bits per heavy atom. The number of hydrogen-bond acceptors (Lipinski definition) is 2. The van der Waals surface area contributed by atoms with Gasteiger partial charge in [-0.25, -0.2) is 0 Å². The molecule has 0 aliphatic rings. The van der Waals surface area contributed by atoms with E-state index in [1.807, 2.05) is 30.3 Å². The van der Waals surface area contributed by atoms with Crippen LogP contribution in [0.15, 0.2) is 42.5 Å². The van der Waals surface area contributed by atoms with Crippen LogP contribution < -0.4 is 5.73 Å². The molecule has 0 aliphatic carbocycles. The van der Waals surface area contributed by atoms with Gasteiger partial charge in [-0.2, -0.15) is 0 Å². The Hall–Kier alpha value is -2.16. The lowest BCUT2D eigenvalue weighted by Gasteiger charge is -2.09. The quantitative estimate of drug-likeness (QED) is 0.784. The molecule has 0 saturated carbocycles. The van der Waals surface area contributed by atoms with Crippen LogP contribution in [0.2, 0.25) is 0 Å². The molecule has 0 saturated heterocycles. The van der Waals surface area contributed by atoms with E-state index in [2.05, 4.69) is 0 Å². The molecule has 2 aromatic carbocycles. The minimum Gasteiger partial charge on any atom is -0.369 e. The van der Waals surface area contributed by atoms with Gasteiger partial charge in [-0.05, 0) is 16.3 Å². The van der Waals surface area contributed by atoms with Gasteiger partial charge in [-0.1, -0.05) is 42.5 Å². The fraction of sp³-hybridized carbons (Fsp3) is 0.0769. The molecule has 1 amide bonds. The van der Waals surface area contributed by atoms with Gasteiger partial charge in [0, 0.05) is 0 Å². The zero-order valence-electron chi connectivity index (χ0n) is 8.51. The summed E-state index contributed by atoms with van der Waals surface area (Å²) >= 11 is 0. The van der Waals surface area contributed by atoms with Crippen LogP contribution in [-0.2, 0) is 9.59 Å². The maximum Gasteiger partial charge on any atom is 0.233 e. The lowest BCUT2D eigenvalue weighted by Crippen LogP contribution is -2.22. The van der Waals surface area contributed by atoms with Gasteiger partial charge < -0.3 is 5.73 Å². The van der Waals surface area contributed by atoms with Crippen molar-refractivity contribution in [1.29, 1.82) is 0 Å². The molecule has 3 heteroatoms. The monoisotopic (exact) mass is 212 g/mol. The predicted octanol–water partition coefficient (Wildman–Crippen LogP) is 1.52. The van der Waals surface area contributed by atoms with Crippen LogP contribution in [0.5, 0.6) is 0 Å². The number of hydrogen-bond donors (Lipinski definition) is 1. The van der Waals surface area contributed by atoms with E-state index in [1.165, 1.54) is 0 Å². The molecule has 0 heterocycles. The third kappa shape index (κ3) is 1.67. The molecule has 0 aromatic heterocycles.